The number of carboxylic acid groups (broad SMARTS) is 1. The van der Waals surface area contributed by atoms with Gasteiger partial charge in [0.25, 0.3) is 0 Å². The van der Waals surface area contributed by atoms with Crippen LogP contribution in [0.1, 0.15) is 33.1 Å². The summed E-state index contributed by atoms with van der Waals surface area (Å²) >= 11 is 0. The Morgan fingerprint density at radius 2 is 2.05 bits per heavy atom. The van der Waals surface area contributed by atoms with Crippen molar-refractivity contribution in [3.05, 3.63) is 0 Å². The molecule has 0 aromatic rings. The summed E-state index contributed by atoms with van der Waals surface area (Å²) in [6, 6.07) is -0.579. The molecule has 7 heteroatoms. The molecule has 0 saturated carbocycles. The second-order valence-electron chi connectivity index (χ2n) is 5.03. The molecular weight excluding hydrogens is 252 g/mol. The number of carboxylic acids is 1. The lowest BCUT2D eigenvalue weighted by molar-refractivity contribution is -0.145. The number of aliphatic hydroxyl groups excluding tert-OH is 1. The molecule has 0 aromatic carbocycles. The van der Waals surface area contributed by atoms with E-state index in [1.54, 1.807) is 0 Å². The first-order valence-electron chi connectivity index (χ1n) is 6.47. The summed E-state index contributed by atoms with van der Waals surface area (Å²) in [6.45, 7) is 3.45. The Hall–Kier alpha value is -1.34. The molecule has 1 fully saturated rings. The van der Waals surface area contributed by atoms with Gasteiger partial charge in [-0.2, -0.15) is 0 Å². The predicted molar refractivity (Wildman–Crippen MR) is 67.8 cm³/mol. The van der Waals surface area contributed by atoms with Crippen LogP contribution in [0.2, 0.25) is 0 Å². The van der Waals surface area contributed by atoms with Crippen molar-refractivity contribution in [2.24, 2.45) is 0 Å². The Morgan fingerprint density at radius 1 is 1.37 bits per heavy atom. The molecular formula is C12H22N2O5. The normalized spacial score (nSPS) is 27.1. The first kappa shape index (κ1) is 15.7. The van der Waals surface area contributed by atoms with Gasteiger partial charge in [0, 0.05) is 6.04 Å². The number of carbonyl (C=O) groups excluding carboxylic acids is 1. The minimum Gasteiger partial charge on any atom is -0.481 e. The van der Waals surface area contributed by atoms with Gasteiger partial charge in [0.2, 0.25) is 0 Å². The van der Waals surface area contributed by atoms with Gasteiger partial charge in [0.05, 0.1) is 25.2 Å². The van der Waals surface area contributed by atoms with Crippen molar-refractivity contribution in [1.29, 1.82) is 0 Å². The van der Waals surface area contributed by atoms with Crippen LogP contribution < -0.4 is 10.6 Å². The van der Waals surface area contributed by atoms with Crippen LogP contribution in [0.25, 0.3) is 0 Å². The molecule has 110 valence electrons. The van der Waals surface area contributed by atoms with Crippen LogP contribution in [-0.4, -0.2) is 53.1 Å². The van der Waals surface area contributed by atoms with Crippen molar-refractivity contribution in [3.63, 3.8) is 0 Å². The van der Waals surface area contributed by atoms with E-state index in [2.05, 4.69) is 10.6 Å². The number of ether oxygens (including phenoxy) is 1. The van der Waals surface area contributed by atoms with Crippen LogP contribution >= 0.6 is 0 Å². The van der Waals surface area contributed by atoms with Gasteiger partial charge in [0.15, 0.2) is 0 Å². The standard InChI is InChI=1S/C12H22N2O5/c1-7(2)13-12(18)14-9-4-3-8(5-11(16)17)19-10(9)6-15/h7-10,15H,3-6H2,1-2H3,(H,16,17)(H2,13,14,18)/t8-,9-,10-/m0/s1. The van der Waals surface area contributed by atoms with E-state index in [1.807, 2.05) is 13.8 Å². The summed E-state index contributed by atoms with van der Waals surface area (Å²) < 4.78 is 5.49. The SMILES string of the molecule is CC(C)NC(=O)N[C@H]1CC[C@@H](CC(=O)O)O[C@H]1CO. The average molecular weight is 274 g/mol. The Morgan fingerprint density at radius 3 is 2.58 bits per heavy atom. The van der Waals surface area contributed by atoms with Crippen LogP contribution in [-0.2, 0) is 9.53 Å². The molecule has 0 bridgehead atoms. The monoisotopic (exact) mass is 274 g/mol. The van der Waals surface area contributed by atoms with Crippen LogP contribution in [0.3, 0.4) is 0 Å². The number of rotatable bonds is 5. The van der Waals surface area contributed by atoms with Crippen LogP contribution in [0.5, 0.6) is 0 Å². The van der Waals surface area contributed by atoms with Gasteiger partial charge in [-0.15, -0.1) is 0 Å². The highest BCUT2D eigenvalue weighted by atomic mass is 16.5. The zero-order valence-electron chi connectivity index (χ0n) is 11.3. The summed E-state index contributed by atoms with van der Waals surface area (Å²) in [5, 5.41) is 23.4. The zero-order valence-corrected chi connectivity index (χ0v) is 11.3. The number of aliphatic hydroxyl groups is 1. The van der Waals surface area contributed by atoms with Gasteiger partial charge in [-0.1, -0.05) is 0 Å². The van der Waals surface area contributed by atoms with Crippen molar-refractivity contribution in [2.45, 2.75) is 57.4 Å². The number of nitrogens with one attached hydrogen (secondary N) is 2. The molecule has 1 heterocycles. The summed E-state index contributed by atoms with van der Waals surface area (Å²) in [5.41, 5.74) is 0. The van der Waals surface area contributed by atoms with E-state index in [-0.39, 0.29) is 31.1 Å². The summed E-state index contributed by atoms with van der Waals surface area (Å²) in [5.74, 6) is -0.925. The average Bonchev–Trinajstić information content (AvgIpc) is 2.29. The fourth-order valence-electron chi connectivity index (χ4n) is 2.11. The number of urea groups is 1. The summed E-state index contributed by atoms with van der Waals surface area (Å²) in [7, 11) is 0. The van der Waals surface area contributed by atoms with Crippen LogP contribution in [0.4, 0.5) is 4.79 Å². The fourth-order valence-corrected chi connectivity index (χ4v) is 2.11. The van der Waals surface area contributed by atoms with Crippen molar-refractivity contribution in [2.75, 3.05) is 6.61 Å². The van der Waals surface area contributed by atoms with Gasteiger partial charge in [-0.05, 0) is 26.7 Å². The molecule has 0 aromatic heterocycles. The topological polar surface area (TPSA) is 108 Å². The highest BCUT2D eigenvalue weighted by Gasteiger charge is 2.32. The molecule has 1 saturated heterocycles. The van der Waals surface area contributed by atoms with E-state index in [9.17, 15) is 14.7 Å². The molecule has 1 rings (SSSR count). The van der Waals surface area contributed by atoms with Crippen molar-refractivity contribution in [1.82, 2.24) is 10.6 Å². The molecule has 7 nitrogen and oxygen atoms in total. The molecule has 19 heavy (non-hydrogen) atoms. The third-order valence-electron chi connectivity index (χ3n) is 2.93. The van der Waals surface area contributed by atoms with E-state index in [0.29, 0.717) is 12.8 Å². The van der Waals surface area contributed by atoms with E-state index in [4.69, 9.17) is 9.84 Å². The highest BCUT2D eigenvalue weighted by molar-refractivity contribution is 5.74. The second-order valence-corrected chi connectivity index (χ2v) is 5.03. The predicted octanol–water partition coefficient (Wildman–Crippen LogP) is 0.0772. The third kappa shape index (κ3) is 5.44. The molecule has 0 aliphatic carbocycles. The number of carbonyl (C=O) groups is 2. The lowest BCUT2D eigenvalue weighted by Crippen LogP contribution is -2.54. The molecule has 1 aliphatic heterocycles. The quantitative estimate of drug-likeness (QED) is 0.568. The van der Waals surface area contributed by atoms with Gasteiger partial charge >= 0.3 is 12.0 Å². The third-order valence-corrected chi connectivity index (χ3v) is 2.93. The number of amides is 2. The smallest absolute Gasteiger partial charge is 0.315 e. The Balaban J connectivity index is 2.47. The van der Waals surface area contributed by atoms with E-state index >= 15 is 0 Å². The van der Waals surface area contributed by atoms with Gasteiger partial charge < -0.3 is 25.6 Å². The fraction of sp³-hybridized carbons (Fsp3) is 0.833. The summed E-state index contributed by atoms with van der Waals surface area (Å²) in [6.07, 6.45) is 0.0998. The van der Waals surface area contributed by atoms with E-state index in [0.717, 1.165) is 0 Å². The molecule has 2 amide bonds. The minimum atomic E-state index is -0.925. The Kier molecular flexibility index (Phi) is 6.04. The first-order chi connectivity index (χ1) is 8.92. The number of hydrogen-bond acceptors (Lipinski definition) is 4. The maximum Gasteiger partial charge on any atom is 0.315 e. The van der Waals surface area contributed by atoms with Crippen molar-refractivity contribution in [3.8, 4) is 0 Å². The number of aliphatic carboxylic acids is 1. The van der Waals surface area contributed by atoms with Gasteiger partial charge in [-0.25, -0.2) is 4.79 Å². The molecule has 4 N–H and O–H groups in total. The lowest BCUT2D eigenvalue weighted by atomic mass is 9.97. The lowest BCUT2D eigenvalue weighted by Gasteiger charge is -2.35. The highest BCUT2D eigenvalue weighted by Crippen LogP contribution is 2.21. The molecule has 0 spiro atoms. The number of hydrogen-bond donors (Lipinski definition) is 4. The summed E-state index contributed by atoms with van der Waals surface area (Å²) in [4.78, 5) is 22.2. The van der Waals surface area contributed by atoms with Crippen molar-refractivity contribution >= 4 is 12.0 Å². The minimum absolute atomic E-state index is 0.0249. The molecule has 0 radical (unpaired) electrons. The van der Waals surface area contributed by atoms with Gasteiger partial charge in [0.1, 0.15) is 6.10 Å². The Bertz CT molecular complexity index is 321. The van der Waals surface area contributed by atoms with Crippen molar-refractivity contribution < 1.29 is 24.5 Å². The van der Waals surface area contributed by atoms with Crippen LogP contribution in [0, 0.1) is 0 Å². The molecule has 0 unspecified atom stereocenters. The maximum atomic E-state index is 11.6. The van der Waals surface area contributed by atoms with E-state index in [1.165, 1.54) is 0 Å². The second kappa shape index (κ2) is 7.30. The molecule has 3 atom stereocenters. The first-order valence-corrected chi connectivity index (χ1v) is 6.47. The molecule has 1 aliphatic rings. The van der Waals surface area contributed by atoms with E-state index < -0.39 is 18.2 Å². The van der Waals surface area contributed by atoms with Gasteiger partial charge in [-0.3, -0.25) is 4.79 Å². The largest absolute Gasteiger partial charge is 0.481 e. The zero-order chi connectivity index (χ0) is 14.4. The van der Waals surface area contributed by atoms with Crippen LogP contribution in [0.15, 0.2) is 0 Å². The Labute approximate surface area is 112 Å². The maximum absolute atomic E-state index is 11.6.